The van der Waals surface area contributed by atoms with E-state index in [1.807, 2.05) is 36.4 Å². The molecule has 2 aromatic carbocycles. The first kappa shape index (κ1) is 21.7. The zero-order valence-corrected chi connectivity index (χ0v) is 18.6. The van der Waals surface area contributed by atoms with Gasteiger partial charge in [0.1, 0.15) is 10.6 Å². The van der Waals surface area contributed by atoms with Crippen LogP contribution in [0.5, 0.6) is 0 Å². The van der Waals surface area contributed by atoms with Gasteiger partial charge in [0.2, 0.25) is 11.0 Å². The fourth-order valence-corrected chi connectivity index (χ4v) is 4.07. The van der Waals surface area contributed by atoms with E-state index in [1.54, 1.807) is 18.2 Å². The van der Waals surface area contributed by atoms with E-state index in [2.05, 4.69) is 27.8 Å². The Morgan fingerprint density at radius 3 is 2.59 bits per heavy atom. The zero-order valence-electron chi connectivity index (χ0n) is 17.8. The minimum atomic E-state index is -0.322. The fourth-order valence-electron chi connectivity index (χ4n) is 3.27. The second-order valence-electron chi connectivity index (χ2n) is 7.48. The number of carbonyl (C=O) groups excluding carboxylic acids is 2. The standard InChI is InChI=1S/C24H24N4O3S/c1-2-3-4-9-22-27-28-24(32-22)26-21(29)14-16-10-12-18(13-11-16)25-23(30)20-15-17-7-5-6-8-19(17)31-20/h5-8,10-13,15H,2-4,9,14H2,1H3,(H,25,30)(H,26,28,29). The lowest BCUT2D eigenvalue weighted by atomic mass is 10.1. The van der Waals surface area contributed by atoms with Gasteiger partial charge in [-0.3, -0.25) is 9.59 Å². The van der Waals surface area contributed by atoms with E-state index < -0.39 is 0 Å². The van der Waals surface area contributed by atoms with E-state index >= 15 is 0 Å². The molecular formula is C24H24N4O3S. The van der Waals surface area contributed by atoms with Crippen molar-refractivity contribution in [1.29, 1.82) is 0 Å². The number of furan rings is 1. The average Bonchev–Trinajstić information content (AvgIpc) is 3.42. The summed E-state index contributed by atoms with van der Waals surface area (Å²) in [7, 11) is 0. The van der Waals surface area contributed by atoms with Crippen LogP contribution in [0.3, 0.4) is 0 Å². The van der Waals surface area contributed by atoms with Crippen molar-refractivity contribution in [3.8, 4) is 0 Å². The SMILES string of the molecule is CCCCCc1nnc(NC(=O)Cc2ccc(NC(=O)c3cc4ccccc4o3)cc2)s1. The van der Waals surface area contributed by atoms with Crippen molar-refractivity contribution in [3.63, 3.8) is 0 Å². The summed E-state index contributed by atoms with van der Waals surface area (Å²) < 4.78 is 5.59. The topological polar surface area (TPSA) is 97.1 Å². The molecule has 164 valence electrons. The van der Waals surface area contributed by atoms with Gasteiger partial charge in [-0.2, -0.15) is 0 Å². The van der Waals surface area contributed by atoms with E-state index in [0.29, 0.717) is 16.4 Å². The number of nitrogens with zero attached hydrogens (tertiary/aromatic N) is 2. The summed E-state index contributed by atoms with van der Waals surface area (Å²) >= 11 is 1.42. The second kappa shape index (κ2) is 10.2. The van der Waals surface area contributed by atoms with Gasteiger partial charge in [-0.05, 0) is 36.2 Å². The molecular weight excluding hydrogens is 424 g/mol. The molecule has 0 saturated carbocycles. The van der Waals surface area contributed by atoms with Gasteiger partial charge in [-0.1, -0.05) is 61.4 Å². The molecule has 0 atom stereocenters. The number of nitrogens with one attached hydrogen (secondary N) is 2. The number of para-hydroxylation sites is 1. The average molecular weight is 449 g/mol. The van der Waals surface area contributed by atoms with Gasteiger partial charge in [0, 0.05) is 17.5 Å². The van der Waals surface area contributed by atoms with Gasteiger partial charge in [-0.15, -0.1) is 10.2 Å². The summed E-state index contributed by atoms with van der Waals surface area (Å²) in [5, 5.41) is 16.1. The number of hydrogen-bond donors (Lipinski definition) is 2. The van der Waals surface area contributed by atoms with E-state index in [-0.39, 0.29) is 24.0 Å². The molecule has 2 N–H and O–H groups in total. The third-order valence-corrected chi connectivity index (χ3v) is 5.83. The summed E-state index contributed by atoms with van der Waals surface area (Å²) in [6, 6.07) is 16.3. The highest BCUT2D eigenvalue weighted by atomic mass is 32.1. The van der Waals surface area contributed by atoms with Gasteiger partial charge in [0.25, 0.3) is 5.91 Å². The summed E-state index contributed by atoms with van der Waals surface area (Å²) in [6.45, 7) is 2.16. The highest BCUT2D eigenvalue weighted by molar-refractivity contribution is 7.15. The molecule has 4 aromatic rings. The first-order chi connectivity index (χ1) is 15.6. The molecule has 7 nitrogen and oxygen atoms in total. The van der Waals surface area contributed by atoms with Crippen molar-refractivity contribution in [2.45, 2.75) is 39.0 Å². The first-order valence-corrected chi connectivity index (χ1v) is 11.4. The lowest BCUT2D eigenvalue weighted by Crippen LogP contribution is -2.14. The van der Waals surface area contributed by atoms with Gasteiger partial charge in [-0.25, -0.2) is 0 Å². The largest absolute Gasteiger partial charge is 0.451 e. The second-order valence-corrected chi connectivity index (χ2v) is 8.54. The van der Waals surface area contributed by atoms with E-state index in [0.717, 1.165) is 41.6 Å². The fraction of sp³-hybridized carbons (Fsp3) is 0.250. The van der Waals surface area contributed by atoms with Crippen LogP contribution in [0.2, 0.25) is 0 Å². The number of carbonyl (C=O) groups is 2. The van der Waals surface area contributed by atoms with Crippen molar-refractivity contribution < 1.29 is 14.0 Å². The molecule has 0 bridgehead atoms. The molecule has 0 radical (unpaired) electrons. The predicted molar refractivity (Wildman–Crippen MR) is 126 cm³/mol. The van der Waals surface area contributed by atoms with Gasteiger partial charge in [0.05, 0.1) is 6.42 Å². The number of aromatic nitrogens is 2. The molecule has 0 saturated heterocycles. The Kier molecular flexibility index (Phi) is 6.91. The third kappa shape index (κ3) is 5.59. The molecule has 0 unspecified atom stereocenters. The van der Waals surface area contributed by atoms with Crippen LogP contribution < -0.4 is 10.6 Å². The molecule has 0 fully saturated rings. The van der Waals surface area contributed by atoms with Crippen LogP contribution in [0.25, 0.3) is 11.0 Å². The molecule has 0 aliphatic carbocycles. The Morgan fingerprint density at radius 2 is 1.81 bits per heavy atom. The maximum absolute atomic E-state index is 12.5. The quantitative estimate of drug-likeness (QED) is 0.332. The van der Waals surface area contributed by atoms with Crippen LogP contribution >= 0.6 is 11.3 Å². The molecule has 4 rings (SSSR count). The Morgan fingerprint density at radius 1 is 1.00 bits per heavy atom. The number of fused-ring (bicyclic) bond motifs is 1. The highest BCUT2D eigenvalue weighted by Gasteiger charge is 2.13. The van der Waals surface area contributed by atoms with Crippen LogP contribution in [0.1, 0.15) is 47.3 Å². The molecule has 0 spiro atoms. The maximum Gasteiger partial charge on any atom is 0.291 e. The lowest BCUT2D eigenvalue weighted by Gasteiger charge is -2.05. The number of amides is 2. The summed E-state index contributed by atoms with van der Waals surface area (Å²) in [5.41, 5.74) is 2.12. The molecule has 2 heterocycles. The van der Waals surface area contributed by atoms with Crippen LogP contribution in [0.4, 0.5) is 10.8 Å². The smallest absolute Gasteiger partial charge is 0.291 e. The van der Waals surface area contributed by atoms with Crippen molar-refractivity contribution in [2.24, 2.45) is 0 Å². The Bertz CT molecular complexity index is 1180. The van der Waals surface area contributed by atoms with Gasteiger partial charge < -0.3 is 15.1 Å². The van der Waals surface area contributed by atoms with Gasteiger partial charge in [0.15, 0.2) is 5.76 Å². The minimum Gasteiger partial charge on any atom is -0.451 e. The highest BCUT2D eigenvalue weighted by Crippen LogP contribution is 2.21. The maximum atomic E-state index is 12.5. The molecule has 0 aliphatic heterocycles. The monoisotopic (exact) mass is 448 g/mol. The minimum absolute atomic E-state index is 0.152. The number of benzene rings is 2. The number of aryl methyl sites for hydroxylation is 1. The van der Waals surface area contributed by atoms with Crippen molar-refractivity contribution in [3.05, 3.63) is 70.9 Å². The van der Waals surface area contributed by atoms with E-state index in [9.17, 15) is 9.59 Å². The Balaban J connectivity index is 1.29. The summed E-state index contributed by atoms with van der Waals surface area (Å²) in [4.78, 5) is 24.8. The number of anilines is 2. The summed E-state index contributed by atoms with van der Waals surface area (Å²) in [5.74, 6) is -0.223. The molecule has 32 heavy (non-hydrogen) atoms. The third-order valence-electron chi connectivity index (χ3n) is 4.93. The number of hydrogen-bond acceptors (Lipinski definition) is 6. The zero-order chi connectivity index (χ0) is 22.3. The number of rotatable bonds is 9. The van der Waals surface area contributed by atoms with Crippen LogP contribution in [-0.4, -0.2) is 22.0 Å². The molecule has 2 aromatic heterocycles. The van der Waals surface area contributed by atoms with E-state index in [4.69, 9.17) is 4.42 Å². The van der Waals surface area contributed by atoms with Crippen molar-refractivity contribution in [1.82, 2.24) is 10.2 Å². The predicted octanol–water partition coefficient (Wildman–Crippen LogP) is 5.45. The summed E-state index contributed by atoms with van der Waals surface area (Å²) in [6.07, 6.45) is 4.50. The van der Waals surface area contributed by atoms with Crippen molar-refractivity contribution in [2.75, 3.05) is 10.6 Å². The Labute approximate surface area is 189 Å². The van der Waals surface area contributed by atoms with Gasteiger partial charge >= 0.3 is 0 Å². The molecule has 0 aliphatic rings. The van der Waals surface area contributed by atoms with Crippen LogP contribution in [-0.2, 0) is 17.6 Å². The number of unbranched alkanes of at least 4 members (excludes halogenated alkanes) is 2. The Hall–Kier alpha value is -3.52. The molecule has 2 amide bonds. The first-order valence-electron chi connectivity index (χ1n) is 10.6. The van der Waals surface area contributed by atoms with E-state index in [1.165, 1.54) is 11.3 Å². The van der Waals surface area contributed by atoms with Crippen LogP contribution in [0.15, 0.2) is 59.0 Å². The lowest BCUT2D eigenvalue weighted by molar-refractivity contribution is -0.115. The molecule has 8 heteroatoms. The van der Waals surface area contributed by atoms with Crippen LogP contribution in [0, 0.1) is 0 Å². The normalized spacial score (nSPS) is 10.9. The van der Waals surface area contributed by atoms with Crippen molar-refractivity contribution >= 4 is 44.9 Å².